The molecule has 5 nitrogen and oxygen atoms in total. The molecule has 0 saturated heterocycles. The zero-order valence-corrected chi connectivity index (χ0v) is 10.5. The van der Waals surface area contributed by atoms with E-state index >= 15 is 0 Å². The molecule has 0 unspecified atom stereocenters. The van der Waals surface area contributed by atoms with Gasteiger partial charge in [-0.2, -0.15) is 4.57 Å². The zero-order chi connectivity index (χ0) is 13.9. The molecule has 3 aromatic rings. The first-order valence-electron chi connectivity index (χ1n) is 6.04. The first-order valence-corrected chi connectivity index (χ1v) is 6.04. The van der Waals surface area contributed by atoms with Crippen LogP contribution in [0.15, 0.2) is 59.3 Å². The summed E-state index contributed by atoms with van der Waals surface area (Å²) in [7, 11) is 0. The molecule has 98 valence electrons. The maximum Gasteiger partial charge on any atom is 0.433 e. The summed E-state index contributed by atoms with van der Waals surface area (Å²) in [5.74, 6) is 0.186. The van der Waals surface area contributed by atoms with Gasteiger partial charge in [0.2, 0.25) is 0 Å². The summed E-state index contributed by atoms with van der Waals surface area (Å²) in [6.45, 7) is 0. The van der Waals surface area contributed by atoms with Gasteiger partial charge >= 0.3 is 5.88 Å². The molecule has 5 heteroatoms. The average Bonchev–Trinajstić information content (AvgIpc) is 2.94. The van der Waals surface area contributed by atoms with Crippen molar-refractivity contribution in [2.75, 3.05) is 0 Å². The summed E-state index contributed by atoms with van der Waals surface area (Å²) in [6.07, 6.45) is 7.36. The van der Waals surface area contributed by atoms with Crippen LogP contribution in [0.3, 0.4) is 0 Å². The van der Waals surface area contributed by atoms with Crippen molar-refractivity contribution in [1.82, 2.24) is 0 Å². The molecule has 2 aromatic heterocycles. The van der Waals surface area contributed by atoms with Crippen LogP contribution in [0.2, 0.25) is 0 Å². The van der Waals surface area contributed by atoms with E-state index in [1.165, 1.54) is 6.07 Å². The van der Waals surface area contributed by atoms with Gasteiger partial charge < -0.3 is 4.42 Å². The normalized spacial score (nSPS) is 11.2. The third-order valence-corrected chi connectivity index (χ3v) is 2.91. The van der Waals surface area contributed by atoms with Crippen LogP contribution in [-0.4, -0.2) is 4.92 Å². The summed E-state index contributed by atoms with van der Waals surface area (Å²) < 4.78 is 6.93. The lowest BCUT2D eigenvalue weighted by atomic mass is 10.2. The Labute approximate surface area is 114 Å². The lowest BCUT2D eigenvalue weighted by Gasteiger charge is -1.93. The molecule has 0 radical (unpaired) electrons. The number of furan rings is 1. The Bertz CT molecular complexity index is 805. The fourth-order valence-electron chi connectivity index (χ4n) is 1.93. The van der Waals surface area contributed by atoms with Gasteiger partial charge in [0.25, 0.3) is 0 Å². The molecule has 0 fully saturated rings. The number of nitrogens with zero attached hydrogens (tertiary/aromatic N) is 2. The minimum atomic E-state index is -0.555. The summed E-state index contributed by atoms with van der Waals surface area (Å²) in [4.78, 5) is 9.96. The lowest BCUT2D eigenvalue weighted by Crippen LogP contribution is -2.23. The molecule has 0 atom stereocenters. The first kappa shape index (κ1) is 12.1. The van der Waals surface area contributed by atoms with Gasteiger partial charge in [0.1, 0.15) is 10.7 Å². The van der Waals surface area contributed by atoms with Crippen molar-refractivity contribution in [1.29, 1.82) is 0 Å². The van der Waals surface area contributed by atoms with Gasteiger partial charge in [-0.05, 0) is 17.5 Å². The molecular weight excluding hydrogens is 256 g/mol. The Morgan fingerprint density at radius 2 is 1.90 bits per heavy atom. The van der Waals surface area contributed by atoms with E-state index in [-0.39, 0.29) is 5.88 Å². The maximum atomic E-state index is 10.5. The second-order valence-electron chi connectivity index (χ2n) is 4.27. The standard InChI is InChI=1S/C15H11N2O3/c18-17(19)15-6-5-14(20-15)8-10-16-9-7-12-3-1-2-4-13(12)11-16/h1-11H/q+1. The number of pyridine rings is 1. The Kier molecular flexibility index (Phi) is 3.01. The van der Waals surface area contributed by atoms with Crippen LogP contribution in [0.5, 0.6) is 0 Å². The fraction of sp³-hybridized carbons (Fsp3) is 0. The smallest absolute Gasteiger partial charge is 0.401 e. The lowest BCUT2D eigenvalue weighted by molar-refractivity contribution is -0.565. The van der Waals surface area contributed by atoms with Crippen molar-refractivity contribution in [2.45, 2.75) is 0 Å². The Morgan fingerprint density at radius 1 is 1.10 bits per heavy atom. The third-order valence-electron chi connectivity index (χ3n) is 2.91. The monoisotopic (exact) mass is 267 g/mol. The van der Waals surface area contributed by atoms with Crippen LogP contribution in [-0.2, 0) is 0 Å². The molecule has 0 aliphatic carbocycles. The van der Waals surface area contributed by atoms with Gasteiger partial charge in [-0.3, -0.25) is 10.1 Å². The molecule has 0 saturated carbocycles. The van der Waals surface area contributed by atoms with Crippen molar-refractivity contribution in [2.24, 2.45) is 0 Å². The van der Waals surface area contributed by atoms with Crippen molar-refractivity contribution >= 4 is 28.9 Å². The van der Waals surface area contributed by atoms with Crippen LogP contribution in [0.1, 0.15) is 5.76 Å². The minimum Gasteiger partial charge on any atom is -0.401 e. The summed E-state index contributed by atoms with van der Waals surface area (Å²) >= 11 is 0. The van der Waals surface area contributed by atoms with Crippen LogP contribution < -0.4 is 4.57 Å². The van der Waals surface area contributed by atoms with Crippen LogP contribution in [0.4, 0.5) is 5.88 Å². The number of benzene rings is 1. The highest BCUT2D eigenvalue weighted by atomic mass is 16.6. The molecule has 0 aliphatic rings. The molecule has 2 heterocycles. The quantitative estimate of drug-likeness (QED) is 0.415. The third kappa shape index (κ3) is 2.42. The minimum absolute atomic E-state index is 0.256. The van der Waals surface area contributed by atoms with E-state index in [0.29, 0.717) is 5.76 Å². The molecule has 0 amide bonds. The van der Waals surface area contributed by atoms with Crippen molar-refractivity contribution in [3.05, 3.63) is 70.7 Å². The molecule has 3 rings (SSSR count). The molecule has 1 aromatic carbocycles. The van der Waals surface area contributed by atoms with E-state index < -0.39 is 4.92 Å². The van der Waals surface area contributed by atoms with Crippen molar-refractivity contribution in [3.8, 4) is 0 Å². The number of nitro groups is 1. The predicted octanol–water partition coefficient (Wildman–Crippen LogP) is 3.26. The van der Waals surface area contributed by atoms with Crippen molar-refractivity contribution < 1.29 is 13.9 Å². The number of hydrogen-bond acceptors (Lipinski definition) is 3. The fourth-order valence-corrected chi connectivity index (χ4v) is 1.93. The van der Waals surface area contributed by atoms with Gasteiger partial charge in [0, 0.05) is 17.5 Å². The summed E-state index contributed by atoms with van der Waals surface area (Å²) in [5, 5.41) is 12.8. The van der Waals surface area contributed by atoms with Gasteiger partial charge in [-0.15, -0.1) is 0 Å². The number of hydrogen-bond donors (Lipinski definition) is 0. The highest BCUT2D eigenvalue weighted by Gasteiger charge is 2.10. The summed E-state index contributed by atoms with van der Waals surface area (Å²) in [6, 6.07) is 12.9. The van der Waals surface area contributed by atoms with Gasteiger partial charge in [0.05, 0.1) is 6.07 Å². The van der Waals surface area contributed by atoms with E-state index in [9.17, 15) is 10.1 Å². The molecule has 0 N–H and O–H groups in total. The van der Waals surface area contributed by atoms with Crippen LogP contribution >= 0.6 is 0 Å². The number of aromatic nitrogens is 1. The SMILES string of the molecule is O=[N+]([O-])c1ccc(C=C[n+]2ccc3ccccc3c2)o1. The number of rotatable bonds is 3. The first-order chi connectivity index (χ1) is 9.72. The average molecular weight is 267 g/mol. The molecule has 0 bridgehead atoms. The van der Waals surface area contributed by atoms with E-state index in [4.69, 9.17) is 4.42 Å². The predicted molar refractivity (Wildman–Crippen MR) is 74.7 cm³/mol. The molecule has 0 spiro atoms. The highest BCUT2D eigenvalue weighted by Crippen LogP contribution is 2.16. The zero-order valence-electron chi connectivity index (χ0n) is 10.5. The molecule has 0 aliphatic heterocycles. The topological polar surface area (TPSA) is 60.2 Å². The highest BCUT2D eigenvalue weighted by molar-refractivity contribution is 5.80. The van der Waals surface area contributed by atoms with Crippen molar-refractivity contribution in [3.63, 3.8) is 0 Å². The molecular formula is C15H11N2O3+. The van der Waals surface area contributed by atoms with Crippen LogP contribution in [0.25, 0.3) is 23.0 Å². The van der Waals surface area contributed by atoms with E-state index in [1.54, 1.807) is 18.3 Å². The summed E-state index contributed by atoms with van der Waals surface area (Å²) in [5.41, 5.74) is 0. The number of fused-ring (bicyclic) bond motifs is 1. The second-order valence-corrected chi connectivity index (χ2v) is 4.27. The van der Waals surface area contributed by atoms with Gasteiger partial charge in [-0.25, -0.2) is 0 Å². The van der Waals surface area contributed by atoms with E-state index in [2.05, 4.69) is 0 Å². The van der Waals surface area contributed by atoms with Gasteiger partial charge in [0.15, 0.2) is 18.6 Å². The van der Waals surface area contributed by atoms with E-state index in [1.807, 2.05) is 47.3 Å². The van der Waals surface area contributed by atoms with Gasteiger partial charge in [-0.1, -0.05) is 18.2 Å². The molecule has 20 heavy (non-hydrogen) atoms. The Balaban J connectivity index is 1.87. The largest absolute Gasteiger partial charge is 0.433 e. The van der Waals surface area contributed by atoms with E-state index in [0.717, 1.165) is 10.8 Å². The maximum absolute atomic E-state index is 10.5. The second kappa shape index (κ2) is 4.97. The van der Waals surface area contributed by atoms with Crippen LogP contribution in [0, 0.1) is 10.1 Å². The Hall–Kier alpha value is -2.95. The Morgan fingerprint density at radius 3 is 2.65 bits per heavy atom.